The monoisotopic (exact) mass is 299 g/mol. The molecule has 1 aliphatic rings. The molecular weight excluding hydrogens is 278 g/mol. The molecule has 0 aliphatic carbocycles. The van der Waals surface area contributed by atoms with Gasteiger partial charge < -0.3 is 14.6 Å². The van der Waals surface area contributed by atoms with Crippen LogP contribution in [0.2, 0.25) is 5.02 Å². The fourth-order valence-electron chi connectivity index (χ4n) is 2.34. The number of morpholine rings is 1. The number of β-amino-alcohol motifs (C(OH)–C–C–N with tert-alkyl or cyclic N) is 1. The zero-order valence-electron chi connectivity index (χ0n) is 12.0. The van der Waals surface area contributed by atoms with Gasteiger partial charge in [0.1, 0.15) is 18.5 Å². The second-order valence-corrected chi connectivity index (χ2v) is 6.20. The fraction of sp³-hybridized carbons (Fsp3) is 0.600. The molecule has 1 saturated heterocycles. The number of rotatable bonds is 5. The van der Waals surface area contributed by atoms with Gasteiger partial charge in [-0.05, 0) is 38.1 Å². The fourth-order valence-corrected chi connectivity index (χ4v) is 2.47. The molecule has 2 rings (SSSR count). The lowest BCUT2D eigenvalue weighted by molar-refractivity contribution is -0.0947. The second-order valence-electron chi connectivity index (χ2n) is 5.76. The lowest BCUT2D eigenvalue weighted by Crippen LogP contribution is -2.50. The number of halogens is 1. The van der Waals surface area contributed by atoms with Crippen molar-refractivity contribution >= 4 is 11.6 Å². The quantitative estimate of drug-likeness (QED) is 0.905. The molecule has 112 valence electrons. The molecule has 1 N–H and O–H groups in total. The Labute approximate surface area is 125 Å². The molecule has 0 spiro atoms. The smallest absolute Gasteiger partial charge is 0.119 e. The van der Waals surface area contributed by atoms with E-state index in [-0.39, 0.29) is 12.2 Å². The summed E-state index contributed by atoms with van der Waals surface area (Å²) in [4.78, 5) is 2.21. The van der Waals surface area contributed by atoms with Crippen molar-refractivity contribution in [2.75, 3.05) is 32.8 Å². The normalized spacial score (nSPS) is 20.6. The molecule has 1 atom stereocenters. The van der Waals surface area contributed by atoms with Crippen molar-refractivity contribution in [3.05, 3.63) is 29.3 Å². The Bertz CT molecular complexity index is 422. The summed E-state index contributed by atoms with van der Waals surface area (Å²) in [7, 11) is 0. The molecule has 1 heterocycles. The van der Waals surface area contributed by atoms with E-state index in [4.69, 9.17) is 21.1 Å². The third-order valence-corrected chi connectivity index (χ3v) is 3.48. The van der Waals surface area contributed by atoms with Crippen LogP contribution in [0.15, 0.2) is 24.3 Å². The van der Waals surface area contributed by atoms with Crippen LogP contribution >= 0.6 is 11.6 Å². The van der Waals surface area contributed by atoms with Crippen molar-refractivity contribution < 1.29 is 14.6 Å². The largest absolute Gasteiger partial charge is 0.491 e. The Morgan fingerprint density at radius 3 is 2.75 bits per heavy atom. The standard InChI is InChI=1S/C15H22ClNO3/c1-15(2)11-17(7-8-20-15)9-13(18)10-19-14-5-3-12(16)4-6-14/h3-6,13,18H,7-11H2,1-2H3. The molecule has 0 bridgehead atoms. The predicted octanol–water partition coefficient (Wildman–Crippen LogP) is 2.19. The van der Waals surface area contributed by atoms with Crippen LogP contribution in [0, 0.1) is 0 Å². The van der Waals surface area contributed by atoms with Crippen LogP contribution in [-0.2, 0) is 4.74 Å². The van der Waals surface area contributed by atoms with Gasteiger partial charge in [-0.1, -0.05) is 11.6 Å². The number of aliphatic hydroxyl groups excluding tert-OH is 1. The molecule has 0 saturated carbocycles. The Kier molecular flexibility index (Phi) is 5.27. The zero-order valence-corrected chi connectivity index (χ0v) is 12.8. The summed E-state index contributed by atoms with van der Waals surface area (Å²) in [5.74, 6) is 0.718. The lowest BCUT2D eigenvalue weighted by Gasteiger charge is -2.38. The maximum Gasteiger partial charge on any atom is 0.119 e. The van der Waals surface area contributed by atoms with Gasteiger partial charge in [0.05, 0.1) is 12.2 Å². The number of ether oxygens (including phenoxy) is 2. The van der Waals surface area contributed by atoms with Crippen LogP contribution in [0.25, 0.3) is 0 Å². The number of hydrogen-bond donors (Lipinski definition) is 1. The summed E-state index contributed by atoms with van der Waals surface area (Å²) in [5.41, 5.74) is -0.144. The third-order valence-electron chi connectivity index (χ3n) is 3.23. The van der Waals surface area contributed by atoms with Crippen molar-refractivity contribution in [2.24, 2.45) is 0 Å². The number of hydrogen-bond acceptors (Lipinski definition) is 4. The summed E-state index contributed by atoms with van der Waals surface area (Å²) in [6, 6.07) is 7.14. The van der Waals surface area contributed by atoms with Crippen LogP contribution in [0.1, 0.15) is 13.8 Å². The first-order valence-corrected chi connectivity index (χ1v) is 7.25. The van der Waals surface area contributed by atoms with Crippen LogP contribution in [0.5, 0.6) is 5.75 Å². The van der Waals surface area contributed by atoms with E-state index < -0.39 is 6.10 Å². The first-order chi connectivity index (χ1) is 9.44. The number of nitrogens with zero attached hydrogens (tertiary/aromatic N) is 1. The molecule has 4 nitrogen and oxygen atoms in total. The average Bonchev–Trinajstić information content (AvgIpc) is 2.37. The van der Waals surface area contributed by atoms with Crippen molar-refractivity contribution in [1.29, 1.82) is 0 Å². The lowest BCUT2D eigenvalue weighted by atomic mass is 10.1. The van der Waals surface area contributed by atoms with Gasteiger partial charge in [-0.3, -0.25) is 4.90 Å². The van der Waals surface area contributed by atoms with Gasteiger partial charge in [0.15, 0.2) is 0 Å². The van der Waals surface area contributed by atoms with Gasteiger partial charge in [0.2, 0.25) is 0 Å². The van der Waals surface area contributed by atoms with Crippen molar-refractivity contribution in [2.45, 2.75) is 25.6 Å². The molecule has 1 aliphatic heterocycles. The molecular formula is C15H22ClNO3. The van der Waals surface area contributed by atoms with E-state index in [0.717, 1.165) is 18.8 Å². The van der Waals surface area contributed by atoms with Crippen LogP contribution < -0.4 is 4.74 Å². The minimum atomic E-state index is -0.514. The van der Waals surface area contributed by atoms with Crippen LogP contribution in [0.4, 0.5) is 0 Å². The van der Waals surface area contributed by atoms with E-state index in [0.29, 0.717) is 18.2 Å². The van der Waals surface area contributed by atoms with Gasteiger partial charge in [-0.25, -0.2) is 0 Å². The zero-order chi connectivity index (χ0) is 14.6. The Hall–Kier alpha value is -0.810. The van der Waals surface area contributed by atoms with Gasteiger partial charge in [-0.15, -0.1) is 0 Å². The van der Waals surface area contributed by atoms with E-state index >= 15 is 0 Å². The van der Waals surface area contributed by atoms with Crippen molar-refractivity contribution in [1.82, 2.24) is 4.90 Å². The SMILES string of the molecule is CC1(C)CN(CC(O)COc2ccc(Cl)cc2)CCO1. The summed E-state index contributed by atoms with van der Waals surface area (Å²) >= 11 is 5.81. The second kappa shape index (κ2) is 6.76. The van der Waals surface area contributed by atoms with Crippen molar-refractivity contribution in [3.63, 3.8) is 0 Å². The molecule has 1 aromatic carbocycles. The summed E-state index contributed by atoms with van der Waals surface area (Å²) in [6.45, 7) is 7.38. The van der Waals surface area contributed by atoms with Crippen LogP contribution in [0.3, 0.4) is 0 Å². The minimum absolute atomic E-state index is 0.144. The predicted molar refractivity (Wildman–Crippen MR) is 79.4 cm³/mol. The molecule has 1 unspecified atom stereocenters. The average molecular weight is 300 g/mol. The molecule has 0 aromatic heterocycles. The Morgan fingerprint density at radius 2 is 2.10 bits per heavy atom. The molecule has 0 amide bonds. The molecule has 1 aromatic rings. The third kappa shape index (κ3) is 4.94. The van der Waals surface area contributed by atoms with Gasteiger partial charge in [0, 0.05) is 24.7 Å². The van der Waals surface area contributed by atoms with Crippen molar-refractivity contribution in [3.8, 4) is 5.75 Å². The molecule has 0 radical (unpaired) electrons. The Balaban J connectivity index is 1.75. The minimum Gasteiger partial charge on any atom is -0.491 e. The van der Waals surface area contributed by atoms with Gasteiger partial charge in [-0.2, -0.15) is 0 Å². The number of aliphatic hydroxyl groups is 1. The van der Waals surface area contributed by atoms with E-state index in [1.807, 2.05) is 0 Å². The summed E-state index contributed by atoms with van der Waals surface area (Å²) in [5, 5.41) is 10.7. The highest BCUT2D eigenvalue weighted by molar-refractivity contribution is 6.30. The molecule has 5 heteroatoms. The highest BCUT2D eigenvalue weighted by atomic mass is 35.5. The van der Waals surface area contributed by atoms with Crippen LogP contribution in [-0.4, -0.2) is 54.6 Å². The van der Waals surface area contributed by atoms with Gasteiger partial charge in [0.25, 0.3) is 0 Å². The topological polar surface area (TPSA) is 41.9 Å². The first kappa shape index (κ1) is 15.6. The van der Waals surface area contributed by atoms with E-state index in [2.05, 4.69) is 18.7 Å². The summed E-state index contributed by atoms with van der Waals surface area (Å²) < 4.78 is 11.2. The van der Waals surface area contributed by atoms with E-state index in [1.54, 1.807) is 24.3 Å². The molecule has 20 heavy (non-hydrogen) atoms. The maximum atomic E-state index is 10.1. The molecule has 1 fully saturated rings. The maximum absolute atomic E-state index is 10.1. The highest BCUT2D eigenvalue weighted by Gasteiger charge is 2.28. The van der Waals surface area contributed by atoms with E-state index in [1.165, 1.54) is 0 Å². The Morgan fingerprint density at radius 1 is 1.40 bits per heavy atom. The first-order valence-electron chi connectivity index (χ1n) is 6.87. The summed E-state index contributed by atoms with van der Waals surface area (Å²) in [6.07, 6.45) is -0.514. The number of benzene rings is 1. The van der Waals surface area contributed by atoms with Gasteiger partial charge >= 0.3 is 0 Å². The highest BCUT2D eigenvalue weighted by Crippen LogP contribution is 2.18. The van der Waals surface area contributed by atoms with E-state index in [9.17, 15) is 5.11 Å².